The minimum atomic E-state index is -0.996. The van der Waals surface area contributed by atoms with E-state index in [4.69, 9.17) is 10.8 Å². The van der Waals surface area contributed by atoms with Crippen LogP contribution in [0, 0.1) is 0 Å². The second-order valence-corrected chi connectivity index (χ2v) is 8.51. The Morgan fingerprint density at radius 1 is 1.06 bits per heavy atom. The molecule has 0 aliphatic carbocycles. The normalized spacial score (nSPS) is 23.8. The third-order valence-corrected chi connectivity index (χ3v) is 6.27. The van der Waals surface area contributed by atoms with Crippen molar-refractivity contribution in [1.29, 1.82) is 0 Å². The summed E-state index contributed by atoms with van der Waals surface area (Å²) < 4.78 is 19.7. The van der Waals surface area contributed by atoms with E-state index in [1.165, 1.54) is 10.5 Å². The van der Waals surface area contributed by atoms with Gasteiger partial charge >= 0.3 is 0 Å². The molecule has 0 bridgehead atoms. The zero-order valence-corrected chi connectivity index (χ0v) is 18.3. The molecule has 2 unspecified atom stereocenters. The van der Waals surface area contributed by atoms with Crippen molar-refractivity contribution >= 4 is 17.7 Å². The molecule has 3 aliphatic heterocycles. The van der Waals surface area contributed by atoms with Gasteiger partial charge in [0.05, 0.1) is 19.8 Å². The van der Waals surface area contributed by atoms with Gasteiger partial charge in [0.25, 0.3) is 5.91 Å². The number of rotatable bonds is 6. The Balaban J connectivity index is 1.25. The fourth-order valence-corrected chi connectivity index (χ4v) is 4.46. The van der Waals surface area contributed by atoms with Crippen LogP contribution >= 0.6 is 0 Å². The summed E-state index contributed by atoms with van der Waals surface area (Å²) in [6.07, 6.45) is -1.10. The molecule has 2 aromatic carbocycles. The Labute approximate surface area is 193 Å². The van der Waals surface area contributed by atoms with E-state index in [1.807, 2.05) is 18.2 Å². The van der Waals surface area contributed by atoms with Crippen molar-refractivity contribution in [2.24, 2.45) is 0 Å². The Morgan fingerprint density at radius 2 is 1.82 bits per heavy atom. The quantitative estimate of drug-likeness (QED) is 0.676. The summed E-state index contributed by atoms with van der Waals surface area (Å²) >= 11 is 0. The molecule has 33 heavy (non-hydrogen) atoms. The molecule has 8 nitrogen and oxygen atoms in total. The number of amides is 3. The molecule has 8 heteroatoms. The Bertz CT molecular complexity index is 1100. The monoisotopic (exact) mass is 450 g/mol. The molecule has 2 atom stereocenters. The van der Waals surface area contributed by atoms with Gasteiger partial charge in [0.2, 0.25) is 11.8 Å². The molecule has 2 aromatic rings. The highest BCUT2D eigenvalue weighted by atomic mass is 16.5. The van der Waals surface area contributed by atoms with E-state index >= 15 is 0 Å². The maximum absolute atomic E-state index is 13.0. The van der Waals surface area contributed by atoms with Crippen LogP contribution in [0.2, 0.25) is 0 Å². The lowest BCUT2D eigenvalue weighted by molar-refractivity contribution is -0.136. The third kappa shape index (κ3) is 4.62. The number of carbonyl (C=O) groups is 3. The van der Waals surface area contributed by atoms with Crippen molar-refractivity contribution in [3.8, 4) is 5.75 Å². The largest absolute Gasteiger partial charge is 0.489 e. The van der Waals surface area contributed by atoms with E-state index in [2.05, 4.69) is 22.3 Å². The van der Waals surface area contributed by atoms with Crippen molar-refractivity contribution in [3.05, 3.63) is 64.7 Å². The maximum atomic E-state index is 13.0. The number of imide groups is 1. The summed E-state index contributed by atoms with van der Waals surface area (Å²) in [6.45, 7) is 4.86. The van der Waals surface area contributed by atoms with Gasteiger partial charge in [0.1, 0.15) is 18.4 Å². The van der Waals surface area contributed by atoms with E-state index in [-0.39, 0.29) is 18.9 Å². The smallest absolute Gasteiger partial charge is 0.255 e. The van der Waals surface area contributed by atoms with Crippen LogP contribution in [0.25, 0.3) is 0 Å². The average Bonchev–Trinajstić information content (AvgIpc) is 3.15. The standard InChI is InChI=1S/C25H27N3O5/c29-23-9-8-21(24(30)26-23)28-15-20-19(25(28)31)2-1-3-22(20)33-16-18-6-4-17(5-7-18)14-27-10-12-32-13-11-27/h1-7,21H,8-16H2,(H,26,29,30)/i8D. The van der Waals surface area contributed by atoms with Crippen LogP contribution < -0.4 is 10.1 Å². The first-order valence-electron chi connectivity index (χ1n) is 11.8. The van der Waals surface area contributed by atoms with Crippen molar-refractivity contribution < 1.29 is 25.2 Å². The Hall–Kier alpha value is -3.23. The van der Waals surface area contributed by atoms with Crippen LogP contribution in [-0.2, 0) is 34.0 Å². The summed E-state index contributed by atoms with van der Waals surface area (Å²) in [5, 5.41) is 2.24. The van der Waals surface area contributed by atoms with Crippen LogP contribution in [-0.4, -0.2) is 59.9 Å². The van der Waals surface area contributed by atoms with Crippen LogP contribution in [0.3, 0.4) is 0 Å². The lowest BCUT2D eigenvalue weighted by atomic mass is 10.0. The predicted octanol–water partition coefficient (Wildman–Crippen LogP) is 1.86. The zero-order chi connectivity index (χ0) is 23.7. The van der Waals surface area contributed by atoms with E-state index in [1.54, 1.807) is 12.1 Å². The number of carbonyl (C=O) groups excluding carboxylic acids is 3. The highest BCUT2D eigenvalue weighted by Gasteiger charge is 2.40. The molecular weight excluding hydrogens is 422 g/mol. The SMILES string of the molecule is [2H]C1CC(=O)NC(=O)C1N1Cc2c(OCc3ccc(CN4CCOCC4)cc3)cccc2C1=O. The molecule has 3 heterocycles. The molecule has 0 saturated carbocycles. The predicted molar refractivity (Wildman–Crippen MR) is 119 cm³/mol. The number of fused-ring (bicyclic) bond motifs is 1. The molecule has 1 N–H and O–H groups in total. The van der Waals surface area contributed by atoms with Crippen molar-refractivity contribution in [2.45, 2.75) is 38.6 Å². The van der Waals surface area contributed by atoms with E-state index in [0.717, 1.165) is 38.4 Å². The minimum Gasteiger partial charge on any atom is -0.489 e. The van der Waals surface area contributed by atoms with Crippen LogP contribution in [0.5, 0.6) is 5.75 Å². The summed E-state index contributed by atoms with van der Waals surface area (Å²) in [5.74, 6) is -0.818. The van der Waals surface area contributed by atoms with E-state index < -0.39 is 24.3 Å². The van der Waals surface area contributed by atoms with Crippen LogP contribution in [0.4, 0.5) is 0 Å². The molecule has 0 aromatic heterocycles. The molecule has 3 amide bonds. The topological polar surface area (TPSA) is 88.2 Å². The summed E-state index contributed by atoms with van der Waals surface area (Å²) in [6, 6.07) is 12.6. The van der Waals surface area contributed by atoms with Gasteiger partial charge in [-0.25, -0.2) is 0 Å². The van der Waals surface area contributed by atoms with Gasteiger partial charge in [-0.1, -0.05) is 30.3 Å². The van der Waals surface area contributed by atoms with Gasteiger partial charge in [0.15, 0.2) is 0 Å². The highest BCUT2D eigenvalue weighted by molar-refractivity contribution is 6.05. The van der Waals surface area contributed by atoms with Crippen molar-refractivity contribution in [2.75, 3.05) is 26.3 Å². The van der Waals surface area contributed by atoms with E-state index in [0.29, 0.717) is 23.5 Å². The molecule has 172 valence electrons. The number of piperidine rings is 1. The molecule has 5 rings (SSSR count). The molecule has 3 aliphatic rings. The molecule has 2 saturated heterocycles. The number of benzene rings is 2. The molecule has 2 fully saturated rings. The number of ether oxygens (including phenoxy) is 2. The summed E-state index contributed by atoms with van der Waals surface area (Å²) in [5.41, 5.74) is 3.42. The zero-order valence-electron chi connectivity index (χ0n) is 19.3. The van der Waals surface area contributed by atoms with Crippen LogP contribution in [0.15, 0.2) is 42.5 Å². The molecule has 0 spiro atoms. The lowest BCUT2D eigenvalue weighted by Gasteiger charge is -2.29. The fraction of sp³-hybridized carbons (Fsp3) is 0.400. The van der Waals surface area contributed by atoms with Crippen molar-refractivity contribution in [3.63, 3.8) is 0 Å². The highest BCUT2D eigenvalue weighted by Crippen LogP contribution is 2.34. The van der Waals surface area contributed by atoms with Gasteiger partial charge in [-0.15, -0.1) is 0 Å². The Kier molecular flexibility index (Phi) is 5.76. The van der Waals surface area contributed by atoms with Gasteiger partial charge < -0.3 is 14.4 Å². The summed E-state index contributed by atoms with van der Waals surface area (Å²) in [7, 11) is 0. The van der Waals surface area contributed by atoms with E-state index in [9.17, 15) is 14.4 Å². The van der Waals surface area contributed by atoms with Gasteiger partial charge in [-0.2, -0.15) is 0 Å². The fourth-order valence-electron chi connectivity index (χ4n) is 4.46. The lowest BCUT2D eigenvalue weighted by Crippen LogP contribution is -2.52. The first-order chi connectivity index (χ1) is 16.5. The van der Waals surface area contributed by atoms with Crippen molar-refractivity contribution in [1.82, 2.24) is 15.1 Å². The number of hydrogen-bond donors (Lipinski definition) is 1. The number of morpholine rings is 1. The number of nitrogens with zero attached hydrogens (tertiary/aromatic N) is 2. The van der Waals surface area contributed by atoms with Gasteiger partial charge in [0, 0.05) is 38.6 Å². The van der Waals surface area contributed by atoms with Gasteiger partial charge in [-0.3, -0.25) is 24.6 Å². The maximum Gasteiger partial charge on any atom is 0.255 e. The van der Waals surface area contributed by atoms with Crippen LogP contribution in [0.1, 0.15) is 41.2 Å². The first kappa shape index (κ1) is 20.4. The molecule has 0 radical (unpaired) electrons. The second kappa shape index (κ2) is 9.33. The number of nitrogens with one attached hydrogen (secondary N) is 1. The average molecular weight is 451 g/mol. The minimum absolute atomic E-state index is 0.110. The first-order valence-corrected chi connectivity index (χ1v) is 11.2. The second-order valence-electron chi connectivity index (χ2n) is 8.51. The third-order valence-electron chi connectivity index (χ3n) is 6.27. The molecular formula is C25H27N3O5. The number of hydrogen-bond acceptors (Lipinski definition) is 6. The van der Waals surface area contributed by atoms with Gasteiger partial charge in [-0.05, 0) is 29.7 Å². The summed E-state index contributed by atoms with van der Waals surface area (Å²) in [4.78, 5) is 40.7. The Morgan fingerprint density at radius 3 is 2.58 bits per heavy atom.